The van der Waals surface area contributed by atoms with E-state index in [4.69, 9.17) is 4.42 Å². The maximum Gasteiger partial charge on any atom is 0.254 e. The van der Waals surface area contributed by atoms with E-state index in [9.17, 15) is 9.59 Å². The van der Waals surface area contributed by atoms with Crippen molar-refractivity contribution < 1.29 is 14.0 Å². The standard InChI is InChI=1S/C17H18N2O3S/c1-11-3-5-13(22-11)10-19(2)17(21)12-4-6-15-14(9-12)18-16(20)7-8-23-15/h3-6,9H,7-8,10H2,1-2H3,(H,18,20). The smallest absolute Gasteiger partial charge is 0.254 e. The Kier molecular flexibility index (Phi) is 4.43. The molecular weight excluding hydrogens is 312 g/mol. The maximum absolute atomic E-state index is 12.6. The number of hydrogen-bond acceptors (Lipinski definition) is 4. The number of thioether (sulfide) groups is 1. The van der Waals surface area contributed by atoms with Crippen LogP contribution in [-0.2, 0) is 11.3 Å². The van der Waals surface area contributed by atoms with Crippen molar-refractivity contribution in [3.8, 4) is 0 Å². The number of benzene rings is 1. The van der Waals surface area contributed by atoms with Crippen LogP contribution in [0.25, 0.3) is 0 Å². The van der Waals surface area contributed by atoms with Crippen molar-refractivity contribution in [3.05, 3.63) is 47.4 Å². The average Bonchev–Trinajstić information content (AvgIpc) is 2.82. The molecule has 0 bridgehead atoms. The molecule has 0 unspecified atom stereocenters. The molecule has 3 rings (SSSR count). The van der Waals surface area contributed by atoms with Gasteiger partial charge in [0.2, 0.25) is 5.91 Å². The molecule has 1 N–H and O–H groups in total. The van der Waals surface area contributed by atoms with Crippen molar-refractivity contribution in [3.63, 3.8) is 0 Å². The second-order valence-corrected chi connectivity index (χ2v) is 6.67. The fourth-order valence-corrected chi connectivity index (χ4v) is 3.39. The van der Waals surface area contributed by atoms with Gasteiger partial charge in [-0.15, -0.1) is 11.8 Å². The first-order valence-corrected chi connectivity index (χ1v) is 8.39. The van der Waals surface area contributed by atoms with Gasteiger partial charge in [0.05, 0.1) is 12.2 Å². The molecule has 5 nitrogen and oxygen atoms in total. The van der Waals surface area contributed by atoms with Crippen LogP contribution in [0, 0.1) is 6.92 Å². The second kappa shape index (κ2) is 6.50. The van der Waals surface area contributed by atoms with Gasteiger partial charge in [0.15, 0.2) is 0 Å². The number of aryl methyl sites for hydroxylation is 1. The van der Waals surface area contributed by atoms with Gasteiger partial charge in [0.1, 0.15) is 11.5 Å². The van der Waals surface area contributed by atoms with Crippen LogP contribution >= 0.6 is 11.8 Å². The number of amides is 2. The Hall–Kier alpha value is -2.21. The van der Waals surface area contributed by atoms with Crippen LogP contribution in [0.3, 0.4) is 0 Å². The lowest BCUT2D eigenvalue weighted by molar-refractivity contribution is -0.115. The van der Waals surface area contributed by atoms with Gasteiger partial charge >= 0.3 is 0 Å². The summed E-state index contributed by atoms with van der Waals surface area (Å²) in [6, 6.07) is 9.19. The molecule has 0 fully saturated rings. The average molecular weight is 330 g/mol. The quantitative estimate of drug-likeness (QED) is 0.938. The number of rotatable bonds is 3. The van der Waals surface area contributed by atoms with E-state index in [-0.39, 0.29) is 11.8 Å². The number of carbonyl (C=O) groups excluding carboxylic acids is 2. The van der Waals surface area contributed by atoms with Gasteiger partial charge in [-0.25, -0.2) is 0 Å². The van der Waals surface area contributed by atoms with Crippen molar-refractivity contribution in [1.82, 2.24) is 4.90 Å². The largest absolute Gasteiger partial charge is 0.464 e. The van der Waals surface area contributed by atoms with Gasteiger partial charge in [-0.05, 0) is 37.3 Å². The molecule has 0 radical (unpaired) electrons. The maximum atomic E-state index is 12.6. The summed E-state index contributed by atoms with van der Waals surface area (Å²) in [4.78, 5) is 26.8. The number of nitrogens with zero attached hydrogens (tertiary/aromatic N) is 1. The van der Waals surface area contributed by atoms with Crippen LogP contribution in [0.4, 0.5) is 5.69 Å². The zero-order chi connectivity index (χ0) is 16.4. The summed E-state index contributed by atoms with van der Waals surface area (Å²) >= 11 is 1.62. The highest BCUT2D eigenvalue weighted by atomic mass is 32.2. The summed E-state index contributed by atoms with van der Waals surface area (Å²) in [5.41, 5.74) is 1.27. The third-order valence-corrected chi connectivity index (χ3v) is 4.70. The first kappa shape index (κ1) is 15.7. The predicted molar refractivity (Wildman–Crippen MR) is 89.7 cm³/mol. The molecule has 1 aliphatic rings. The normalized spacial score (nSPS) is 13.9. The number of carbonyl (C=O) groups is 2. The van der Waals surface area contributed by atoms with Crippen LogP contribution in [0.15, 0.2) is 39.6 Å². The van der Waals surface area contributed by atoms with Gasteiger partial charge < -0.3 is 14.6 Å². The topological polar surface area (TPSA) is 62.6 Å². The number of furan rings is 1. The lowest BCUT2D eigenvalue weighted by Crippen LogP contribution is -2.26. The Bertz CT molecular complexity index is 754. The molecule has 6 heteroatoms. The minimum absolute atomic E-state index is 0.0136. The molecule has 2 amide bonds. The first-order chi connectivity index (χ1) is 11.0. The van der Waals surface area contributed by atoms with Gasteiger partial charge in [-0.2, -0.15) is 0 Å². The highest BCUT2D eigenvalue weighted by molar-refractivity contribution is 7.99. The molecule has 0 spiro atoms. The Morgan fingerprint density at radius 2 is 2.17 bits per heavy atom. The van der Waals surface area contributed by atoms with E-state index >= 15 is 0 Å². The number of nitrogens with one attached hydrogen (secondary N) is 1. The summed E-state index contributed by atoms with van der Waals surface area (Å²) in [7, 11) is 1.74. The van der Waals surface area contributed by atoms with Crippen molar-refractivity contribution >= 4 is 29.3 Å². The lowest BCUT2D eigenvalue weighted by atomic mass is 10.1. The van der Waals surface area contributed by atoms with Crippen LogP contribution in [-0.4, -0.2) is 29.5 Å². The Morgan fingerprint density at radius 3 is 2.91 bits per heavy atom. The summed E-state index contributed by atoms with van der Waals surface area (Å²) in [5.74, 6) is 2.21. The predicted octanol–water partition coefficient (Wildman–Crippen LogP) is 3.29. The van der Waals surface area contributed by atoms with E-state index in [2.05, 4.69) is 5.32 Å². The van der Waals surface area contributed by atoms with Crippen LogP contribution < -0.4 is 5.32 Å². The Morgan fingerprint density at radius 1 is 1.35 bits per heavy atom. The molecule has 0 atom stereocenters. The molecule has 1 aromatic carbocycles. The van der Waals surface area contributed by atoms with Gasteiger partial charge in [-0.3, -0.25) is 9.59 Å². The molecule has 0 saturated heterocycles. The van der Waals surface area contributed by atoms with Crippen LogP contribution in [0.5, 0.6) is 0 Å². The van der Waals surface area contributed by atoms with E-state index in [1.165, 1.54) is 0 Å². The zero-order valence-electron chi connectivity index (χ0n) is 13.1. The summed E-state index contributed by atoms with van der Waals surface area (Å²) in [6.07, 6.45) is 0.486. The number of hydrogen-bond donors (Lipinski definition) is 1. The SMILES string of the molecule is Cc1ccc(CN(C)C(=O)c2ccc3c(c2)NC(=O)CCS3)o1. The van der Waals surface area contributed by atoms with E-state index in [0.717, 1.165) is 22.2 Å². The number of fused-ring (bicyclic) bond motifs is 1. The molecule has 23 heavy (non-hydrogen) atoms. The monoisotopic (exact) mass is 330 g/mol. The molecule has 2 aromatic rings. The fourth-order valence-electron chi connectivity index (χ4n) is 2.45. The van der Waals surface area contributed by atoms with E-state index in [1.807, 2.05) is 25.1 Å². The second-order valence-electron chi connectivity index (χ2n) is 5.53. The van der Waals surface area contributed by atoms with Crippen LogP contribution in [0.1, 0.15) is 28.3 Å². The third-order valence-electron chi connectivity index (χ3n) is 3.62. The molecular formula is C17H18N2O3S. The fraction of sp³-hybridized carbons (Fsp3) is 0.294. The number of anilines is 1. The highest BCUT2D eigenvalue weighted by Crippen LogP contribution is 2.31. The van der Waals surface area contributed by atoms with Gasteiger partial charge in [-0.1, -0.05) is 0 Å². The third kappa shape index (κ3) is 3.59. The van der Waals surface area contributed by atoms with Crippen molar-refractivity contribution in [2.45, 2.75) is 24.8 Å². The molecule has 0 saturated carbocycles. The summed E-state index contributed by atoms with van der Waals surface area (Å²) in [5, 5.41) is 2.86. The van der Waals surface area contributed by atoms with Gasteiger partial charge in [0.25, 0.3) is 5.91 Å². The lowest BCUT2D eigenvalue weighted by Gasteiger charge is -2.17. The highest BCUT2D eigenvalue weighted by Gasteiger charge is 2.18. The van der Waals surface area contributed by atoms with E-state index in [0.29, 0.717) is 24.2 Å². The van der Waals surface area contributed by atoms with E-state index < -0.39 is 0 Å². The van der Waals surface area contributed by atoms with Crippen molar-refractivity contribution in [1.29, 1.82) is 0 Å². The van der Waals surface area contributed by atoms with Crippen molar-refractivity contribution in [2.75, 3.05) is 18.1 Å². The molecule has 1 aliphatic heterocycles. The van der Waals surface area contributed by atoms with Crippen molar-refractivity contribution in [2.24, 2.45) is 0 Å². The molecule has 1 aromatic heterocycles. The van der Waals surface area contributed by atoms with Crippen LogP contribution in [0.2, 0.25) is 0 Å². The Balaban J connectivity index is 1.78. The summed E-state index contributed by atoms with van der Waals surface area (Å²) < 4.78 is 5.51. The molecule has 120 valence electrons. The zero-order valence-corrected chi connectivity index (χ0v) is 13.9. The van der Waals surface area contributed by atoms with Gasteiger partial charge in [0, 0.05) is 29.7 Å². The minimum Gasteiger partial charge on any atom is -0.464 e. The van der Waals surface area contributed by atoms with E-state index in [1.54, 1.807) is 35.8 Å². The minimum atomic E-state index is -0.106. The Labute approximate surface area is 139 Å². The first-order valence-electron chi connectivity index (χ1n) is 7.40. The summed E-state index contributed by atoms with van der Waals surface area (Å²) in [6.45, 7) is 2.28. The molecule has 0 aliphatic carbocycles. The molecule has 2 heterocycles.